The van der Waals surface area contributed by atoms with Crippen LogP contribution in [0.1, 0.15) is 17.5 Å². The Morgan fingerprint density at radius 1 is 1.06 bits per heavy atom. The van der Waals surface area contributed by atoms with Crippen molar-refractivity contribution in [1.29, 1.82) is 0 Å². The molecular formula is C23H25F3N2O3. The van der Waals surface area contributed by atoms with Crippen LogP contribution in [-0.2, 0) is 11.3 Å². The Morgan fingerprint density at radius 3 is 2.55 bits per heavy atom. The number of benzene rings is 2. The summed E-state index contributed by atoms with van der Waals surface area (Å²) in [5.74, 6) is -0.261. The molecule has 5 nitrogen and oxygen atoms in total. The summed E-state index contributed by atoms with van der Waals surface area (Å²) in [6.07, 6.45) is 3.94. The molecule has 1 aliphatic rings. The summed E-state index contributed by atoms with van der Waals surface area (Å²) in [5.41, 5.74) is 1.67. The van der Waals surface area contributed by atoms with Gasteiger partial charge < -0.3 is 14.4 Å². The zero-order valence-corrected chi connectivity index (χ0v) is 17.3. The van der Waals surface area contributed by atoms with Gasteiger partial charge in [-0.25, -0.2) is 4.39 Å². The van der Waals surface area contributed by atoms with Crippen molar-refractivity contribution >= 4 is 12.0 Å². The largest absolute Gasteiger partial charge is 0.493 e. The number of hydrogen-bond donors (Lipinski definition) is 0. The lowest BCUT2D eigenvalue weighted by Gasteiger charge is -2.21. The van der Waals surface area contributed by atoms with E-state index in [0.717, 1.165) is 25.1 Å². The second kappa shape index (κ2) is 10.9. The number of hydrogen-bond acceptors (Lipinski definition) is 4. The topological polar surface area (TPSA) is 42.0 Å². The highest BCUT2D eigenvalue weighted by molar-refractivity contribution is 5.91. The molecule has 31 heavy (non-hydrogen) atoms. The third kappa shape index (κ3) is 6.75. The van der Waals surface area contributed by atoms with E-state index in [1.165, 1.54) is 37.5 Å². The maximum absolute atomic E-state index is 13.1. The molecule has 1 amide bonds. The van der Waals surface area contributed by atoms with Crippen molar-refractivity contribution in [1.82, 2.24) is 9.80 Å². The van der Waals surface area contributed by atoms with E-state index < -0.39 is 6.61 Å². The van der Waals surface area contributed by atoms with Gasteiger partial charge in [0, 0.05) is 38.8 Å². The molecular weight excluding hydrogens is 409 g/mol. The number of alkyl halides is 2. The fraction of sp³-hybridized carbons (Fsp3) is 0.348. The third-order valence-corrected chi connectivity index (χ3v) is 5.04. The van der Waals surface area contributed by atoms with E-state index in [9.17, 15) is 18.0 Å². The highest BCUT2D eigenvalue weighted by Gasteiger charge is 2.18. The van der Waals surface area contributed by atoms with E-state index in [1.54, 1.807) is 29.2 Å². The lowest BCUT2D eigenvalue weighted by atomic mass is 10.2. The average molecular weight is 434 g/mol. The second-order valence-electron chi connectivity index (χ2n) is 7.20. The van der Waals surface area contributed by atoms with E-state index in [4.69, 9.17) is 4.74 Å². The molecule has 0 aromatic heterocycles. The summed E-state index contributed by atoms with van der Waals surface area (Å²) in [6.45, 7) is 0.591. The minimum atomic E-state index is -2.94. The van der Waals surface area contributed by atoms with Gasteiger partial charge in [-0.2, -0.15) is 8.78 Å². The van der Waals surface area contributed by atoms with E-state index in [2.05, 4.69) is 9.64 Å². The smallest absolute Gasteiger partial charge is 0.387 e. The number of amides is 1. The van der Waals surface area contributed by atoms with Crippen LogP contribution in [0.25, 0.3) is 6.08 Å². The van der Waals surface area contributed by atoms with Crippen LogP contribution in [0.5, 0.6) is 11.5 Å². The molecule has 166 valence electrons. The van der Waals surface area contributed by atoms with Gasteiger partial charge >= 0.3 is 6.61 Å². The fourth-order valence-corrected chi connectivity index (χ4v) is 3.45. The third-order valence-electron chi connectivity index (χ3n) is 5.04. The Hall–Kier alpha value is -3.00. The van der Waals surface area contributed by atoms with Gasteiger partial charge in [0.25, 0.3) is 0 Å². The van der Waals surface area contributed by atoms with Crippen molar-refractivity contribution in [3.8, 4) is 11.5 Å². The van der Waals surface area contributed by atoms with Crippen LogP contribution in [0.15, 0.2) is 48.5 Å². The minimum absolute atomic E-state index is 0.0604. The van der Waals surface area contributed by atoms with Crippen LogP contribution in [0.4, 0.5) is 13.2 Å². The average Bonchev–Trinajstić information content (AvgIpc) is 2.99. The predicted molar refractivity (Wildman–Crippen MR) is 112 cm³/mol. The maximum Gasteiger partial charge on any atom is 0.387 e. The molecule has 2 aromatic carbocycles. The molecule has 0 radical (unpaired) electrons. The van der Waals surface area contributed by atoms with Crippen molar-refractivity contribution in [2.45, 2.75) is 19.6 Å². The summed E-state index contributed by atoms with van der Waals surface area (Å²) in [5, 5.41) is 0. The van der Waals surface area contributed by atoms with Crippen molar-refractivity contribution in [2.75, 3.05) is 33.3 Å². The first-order valence-corrected chi connectivity index (χ1v) is 10.0. The zero-order valence-electron chi connectivity index (χ0n) is 17.3. The lowest BCUT2D eigenvalue weighted by molar-refractivity contribution is -0.125. The van der Waals surface area contributed by atoms with Gasteiger partial charge in [-0.05, 0) is 47.9 Å². The minimum Gasteiger partial charge on any atom is -0.493 e. The van der Waals surface area contributed by atoms with Crippen LogP contribution in [0, 0.1) is 5.82 Å². The number of carbonyl (C=O) groups excluding carboxylic acids is 1. The molecule has 2 aromatic rings. The highest BCUT2D eigenvalue weighted by Crippen LogP contribution is 2.29. The molecule has 0 N–H and O–H groups in total. The number of ether oxygens (including phenoxy) is 2. The highest BCUT2D eigenvalue weighted by atomic mass is 19.3. The van der Waals surface area contributed by atoms with Crippen molar-refractivity contribution in [3.63, 3.8) is 0 Å². The molecule has 0 unspecified atom stereocenters. The monoisotopic (exact) mass is 434 g/mol. The lowest BCUT2D eigenvalue weighted by Crippen LogP contribution is -2.34. The summed E-state index contributed by atoms with van der Waals surface area (Å²) >= 11 is 0. The molecule has 0 bridgehead atoms. The number of carbonyl (C=O) groups is 1. The molecule has 1 aliphatic heterocycles. The van der Waals surface area contributed by atoms with Gasteiger partial charge in [-0.1, -0.05) is 18.2 Å². The van der Waals surface area contributed by atoms with Crippen molar-refractivity contribution in [2.24, 2.45) is 0 Å². The number of methoxy groups -OCH3 is 1. The Bertz CT molecular complexity index is 903. The summed E-state index contributed by atoms with van der Waals surface area (Å²) in [4.78, 5) is 16.6. The normalized spacial score (nSPS) is 15.3. The fourth-order valence-electron chi connectivity index (χ4n) is 3.45. The second-order valence-corrected chi connectivity index (χ2v) is 7.20. The van der Waals surface area contributed by atoms with E-state index in [-0.39, 0.29) is 23.2 Å². The van der Waals surface area contributed by atoms with Crippen LogP contribution < -0.4 is 9.47 Å². The Kier molecular flexibility index (Phi) is 7.94. The molecule has 0 saturated carbocycles. The zero-order chi connectivity index (χ0) is 22.2. The first-order valence-electron chi connectivity index (χ1n) is 10.0. The SMILES string of the molecule is COc1cc(/C=C/C(=O)N2CCCN(Cc3ccc(F)cc3)CC2)ccc1OC(F)F. The van der Waals surface area contributed by atoms with E-state index in [0.29, 0.717) is 25.2 Å². The maximum atomic E-state index is 13.1. The first kappa shape index (κ1) is 22.7. The number of rotatable bonds is 7. The van der Waals surface area contributed by atoms with Crippen LogP contribution >= 0.6 is 0 Å². The van der Waals surface area contributed by atoms with Gasteiger partial charge in [0.1, 0.15) is 5.82 Å². The van der Waals surface area contributed by atoms with E-state index >= 15 is 0 Å². The van der Waals surface area contributed by atoms with Gasteiger partial charge in [0.05, 0.1) is 7.11 Å². The predicted octanol–water partition coefficient (Wildman–Crippen LogP) is 4.18. The van der Waals surface area contributed by atoms with Gasteiger partial charge in [0.2, 0.25) is 5.91 Å². The Labute approximate surface area is 179 Å². The molecule has 0 aliphatic carbocycles. The standard InChI is InChI=1S/C23H25F3N2O3/c1-30-21-15-17(5-9-20(21)31-23(25)26)6-10-22(29)28-12-2-11-27(13-14-28)16-18-3-7-19(24)8-4-18/h3-10,15,23H,2,11-14,16H2,1H3/b10-6+. The Balaban J connectivity index is 1.56. The van der Waals surface area contributed by atoms with Crippen molar-refractivity contribution in [3.05, 3.63) is 65.5 Å². The number of nitrogens with zero attached hydrogens (tertiary/aromatic N) is 2. The molecule has 1 fully saturated rings. The first-order chi connectivity index (χ1) is 14.9. The molecule has 1 saturated heterocycles. The van der Waals surface area contributed by atoms with Gasteiger partial charge in [-0.15, -0.1) is 0 Å². The Morgan fingerprint density at radius 2 is 1.84 bits per heavy atom. The van der Waals surface area contributed by atoms with Crippen LogP contribution in [-0.4, -0.2) is 55.6 Å². The molecule has 0 spiro atoms. The number of halogens is 3. The van der Waals surface area contributed by atoms with Crippen LogP contribution in [0.3, 0.4) is 0 Å². The van der Waals surface area contributed by atoms with Gasteiger partial charge in [-0.3, -0.25) is 9.69 Å². The molecule has 3 rings (SSSR count). The summed E-state index contributed by atoms with van der Waals surface area (Å²) in [6, 6.07) is 11.0. The molecule has 8 heteroatoms. The van der Waals surface area contributed by atoms with Crippen LogP contribution in [0.2, 0.25) is 0 Å². The van der Waals surface area contributed by atoms with Gasteiger partial charge in [0.15, 0.2) is 11.5 Å². The molecule has 0 atom stereocenters. The summed E-state index contributed by atoms with van der Waals surface area (Å²) < 4.78 is 47.4. The quantitative estimate of drug-likeness (QED) is 0.613. The summed E-state index contributed by atoms with van der Waals surface area (Å²) in [7, 11) is 1.36. The molecule has 1 heterocycles. The van der Waals surface area contributed by atoms with E-state index in [1.807, 2.05) is 0 Å². The van der Waals surface area contributed by atoms with Crippen molar-refractivity contribution < 1.29 is 27.4 Å².